The lowest BCUT2D eigenvalue weighted by molar-refractivity contribution is -0.206. The minimum absolute atomic E-state index is 0.0235. The van der Waals surface area contributed by atoms with Gasteiger partial charge < -0.3 is 9.84 Å². The average Bonchev–Trinajstić information content (AvgIpc) is 2.41. The fourth-order valence-corrected chi connectivity index (χ4v) is 5.91. The number of rotatable bonds is 5. The van der Waals surface area contributed by atoms with Crippen molar-refractivity contribution in [1.82, 2.24) is 0 Å². The van der Waals surface area contributed by atoms with Gasteiger partial charge in [0.05, 0.1) is 5.60 Å². The first-order valence-corrected chi connectivity index (χ1v) is 9.00. The molecule has 4 rings (SSSR count). The third kappa shape index (κ3) is 2.73. The second-order valence-corrected chi connectivity index (χ2v) is 8.15. The molecule has 0 radical (unpaired) electrons. The summed E-state index contributed by atoms with van der Waals surface area (Å²) < 4.78 is 5.93. The molecule has 4 saturated carbocycles. The maximum Gasteiger partial charge on any atom is 0.333 e. The van der Waals surface area contributed by atoms with Crippen molar-refractivity contribution >= 4 is 5.97 Å². The summed E-state index contributed by atoms with van der Waals surface area (Å²) in [6, 6.07) is 0. The zero-order chi connectivity index (χ0) is 16.0. The van der Waals surface area contributed by atoms with Crippen LogP contribution in [0.1, 0.15) is 72.1 Å². The summed E-state index contributed by atoms with van der Waals surface area (Å²) in [7, 11) is 0. The van der Waals surface area contributed by atoms with Crippen molar-refractivity contribution in [2.24, 2.45) is 17.3 Å². The van der Waals surface area contributed by atoms with Crippen molar-refractivity contribution in [3.8, 4) is 0 Å². The monoisotopic (exact) mass is 306 g/mol. The van der Waals surface area contributed by atoms with Crippen LogP contribution in [-0.4, -0.2) is 22.8 Å². The molecule has 22 heavy (non-hydrogen) atoms. The first-order valence-electron chi connectivity index (χ1n) is 9.00. The maximum absolute atomic E-state index is 12.3. The molecule has 1 N–H and O–H groups in total. The van der Waals surface area contributed by atoms with E-state index in [0.717, 1.165) is 44.9 Å². The molecule has 0 aliphatic heterocycles. The SMILES string of the molecule is CC/C=C(\C)C(=O)OC(CC)C12CC3CC(CC(O)(C3)C1)C2. The van der Waals surface area contributed by atoms with E-state index in [1.54, 1.807) is 0 Å². The highest BCUT2D eigenvalue weighted by Gasteiger charge is 2.60. The van der Waals surface area contributed by atoms with Crippen molar-refractivity contribution in [3.63, 3.8) is 0 Å². The van der Waals surface area contributed by atoms with Gasteiger partial charge in [0.25, 0.3) is 0 Å². The molecule has 0 aromatic carbocycles. The largest absolute Gasteiger partial charge is 0.458 e. The maximum atomic E-state index is 12.3. The summed E-state index contributed by atoms with van der Waals surface area (Å²) >= 11 is 0. The Bertz CT molecular complexity index is 465. The summed E-state index contributed by atoms with van der Waals surface area (Å²) in [5.41, 5.74) is 0.248. The number of ether oxygens (including phenoxy) is 1. The van der Waals surface area contributed by atoms with Crippen LogP contribution < -0.4 is 0 Å². The molecule has 4 bridgehead atoms. The normalized spacial score (nSPS) is 41.5. The minimum atomic E-state index is -0.488. The molecule has 0 saturated heterocycles. The molecule has 0 heterocycles. The Kier molecular flexibility index (Phi) is 4.13. The van der Waals surface area contributed by atoms with Gasteiger partial charge in [-0.25, -0.2) is 4.79 Å². The molecular weight excluding hydrogens is 276 g/mol. The van der Waals surface area contributed by atoms with Gasteiger partial charge in [0.1, 0.15) is 6.10 Å². The predicted molar refractivity (Wildman–Crippen MR) is 86.3 cm³/mol. The lowest BCUT2D eigenvalue weighted by Gasteiger charge is -2.61. The van der Waals surface area contributed by atoms with E-state index in [0.29, 0.717) is 17.4 Å². The van der Waals surface area contributed by atoms with Crippen molar-refractivity contribution < 1.29 is 14.6 Å². The molecule has 3 nitrogen and oxygen atoms in total. The first-order chi connectivity index (χ1) is 10.4. The van der Waals surface area contributed by atoms with Gasteiger partial charge in [0.2, 0.25) is 0 Å². The smallest absolute Gasteiger partial charge is 0.333 e. The Morgan fingerprint density at radius 1 is 1.27 bits per heavy atom. The molecule has 0 spiro atoms. The third-order valence-corrected chi connectivity index (χ3v) is 6.21. The van der Waals surface area contributed by atoms with Crippen LogP contribution in [0, 0.1) is 17.3 Å². The Hall–Kier alpha value is -0.830. The predicted octanol–water partition coefficient (Wildman–Crippen LogP) is 4.00. The van der Waals surface area contributed by atoms with Gasteiger partial charge in [-0.2, -0.15) is 0 Å². The summed E-state index contributed by atoms with van der Waals surface area (Å²) in [6.45, 7) is 5.98. The molecule has 3 atom stereocenters. The zero-order valence-electron chi connectivity index (χ0n) is 14.2. The van der Waals surface area contributed by atoms with Gasteiger partial charge in [-0.15, -0.1) is 0 Å². The number of hydrogen-bond acceptors (Lipinski definition) is 3. The molecular formula is C19H30O3. The van der Waals surface area contributed by atoms with Crippen LogP contribution in [0.2, 0.25) is 0 Å². The number of esters is 1. The van der Waals surface area contributed by atoms with Gasteiger partial charge in [-0.1, -0.05) is 19.9 Å². The van der Waals surface area contributed by atoms with E-state index >= 15 is 0 Å². The van der Waals surface area contributed by atoms with Crippen LogP contribution in [0.15, 0.2) is 11.6 Å². The standard InChI is InChI=1S/C19H30O3/c1-4-6-13(3)17(20)22-16(5-2)18-8-14-7-15(9-18)11-19(21,10-14)12-18/h6,14-16,21H,4-5,7-12H2,1-3H3/b13-6+. The minimum Gasteiger partial charge on any atom is -0.458 e. The molecule has 3 unspecified atom stereocenters. The highest BCUT2D eigenvalue weighted by Crippen LogP contribution is 2.63. The number of allylic oxidation sites excluding steroid dienone is 1. The molecule has 4 aliphatic rings. The molecule has 4 fully saturated rings. The number of carbonyl (C=O) groups excluding carboxylic acids is 1. The molecule has 0 aromatic rings. The van der Waals surface area contributed by atoms with Crippen LogP contribution in [0.4, 0.5) is 0 Å². The number of aliphatic hydroxyl groups is 1. The summed E-state index contributed by atoms with van der Waals surface area (Å²) in [4.78, 5) is 12.3. The van der Waals surface area contributed by atoms with Crippen LogP contribution in [0.5, 0.6) is 0 Å². The van der Waals surface area contributed by atoms with Crippen molar-refractivity contribution in [3.05, 3.63) is 11.6 Å². The highest BCUT2D eigenvalue weighted by atomic mass is 16.5. The topological polar surface area (TPSA) is 46.5 Å². The zero-order valence-corrected chi connectivity index (χ0v) is 14.2. The summed E-state index contributed by atoms with van der Waals surface area (Å²) in [5, 5.41) is 10.9. The van der Waals surface area contributed by atoms with Crippen molar-refractivity contribution in [2.75, 3.05) is 0 Å². The Morgan fingerprint density at radius 3 is 2.41 bits per heavy atom. The number of carbonyl (C=O) groups is 1. The van der Waals surface area contributed by atoms with Gasteiger partial charge in [-0.05, 0) is 70.1 Å². The van der Waals surface area contributed by atoms with Crippen LogP contribution in [-0.2, 0) is 9.53 Å². The van der Waals surface area contributed by atoms with E-state index in [4.69, 9.17) is 4.74 Å². The fourth-order valence-electron chi connectivity index (χ4n) is 5.91. The fraction of sp³-hybridized carbons (Fsp3) is 0.842. The van der Waals surface area contributed by atoms with Crippen molar-refractivity contribution in [1.29, 1.82) is 0 Å². The molecule has 3 heteroatoms. The molecule has 0 amide bonds. The van der Waals surface area contributed by atoms with Gasteiger partial charge in [0, 0.05) is 11.0 Å². The van der Waals surface area contributed by atoms with Gasteiger partial charge in [0.15, 0.2) is 0 Å². The lowest BCUT2D eigenvalue weighted by atomic mass is 9.46. The molecule has 0 aromatic heterocycles. The summed E-state index contributed by atoms with van der Waals surface area (Å²) in [5.74, 6) is 1.09. The van der Waals surface area contributed by atoms with Gasteiger partial charge in [-0.3, -0.25) is 0 Å². The molecule has 4 aliphatic carbocycles. The molecule has 124 valence electrons. The van der Waals surface area contributed by atoms with E-state index in [-0.39, 0.29) is 17.5 Å². The van der Waals surface area contributed by atoms with Crippen molar-refractivity contribution in [2.45, 2.75) is 83.8 Å². The van der Waals surface area contributed by atoms with Crippen LogP contribution >= 0.6 is 0 Å². The quantitative estimate of drug-likeness (QED) is 0.617. The number of hydrogen-bond donors (Lipinski definition) is 1. The van der Waals surface area contributed by atoms with E-state index in [1.807, 2.05) is 19.9 Å². The van der Waals surface area contributed by atoms with Crippen LogP contribution in [0.25, 0.3) is 0 Å². The Balaban J connectivity index is 1.79. The Morgan fingerprint density at radius 2 is 1.91 bits per heavy atom. The Labute approximate surface area is 134 Å². The van der Waals surface area contributed by atoms with E-state index in [2.05, 4.69) is 6.92 Å². The first kappa shape index (κ1) is 16.0. The van der Waals surface area contributed by atoms with E-state index in [1.165, 1.54) is 6.42 Å². The highest BCUT2D eigenvalue weighted by molar-refractivity contribution is 5.87. The second kappa shape index (κ2) is 5.67. The van der Waals surface area contributed by atoms with Crippen LogP contribution in [0.3, 0.4) is 0 Å². The lowest BCUT2D eigenvalue weighted by Crippen LogP contribution is -2.59. The average molecular weight is 306 g/mol. The third-order valence-electron chi connectivity index (χ3n) is 6.21. The van der Waals surface area contributed by atoms with E-state index < -0.39 is 5.60 Å². The van der Waals surface area contributed by atoms with Gasteiger partial charge >= 0.3 is 5.97 Å². The second-order valence-electron chi connectivity index (χ2n) is 8.15. The summed E-state index contributed by atoms with van der Waals surface area (Å²) in [6.07, 6.45) is 9.88. The van der Waals surface area contributed by atoms with E-state index in [9.17, 15) is 9.90 Å².